The summed E-state index contributed by atoms with van der Waals surface area (Å²) >= 11 is 0. The Morgan fingerprint density at radius 3 is 2.35 bits per heavy atom. The number of para-hydroxylation sites is 2. The first kappa shape index (κ1) is 16.5. The van der Waals surface area contributed by atoms with Crippen molar-refractivity contribution in [1.29, 1.82) is 0 Å². The summed E-state index contributed by atoms with van der Waals surface area (Å²) in [6.45, 7) is 1.95. The van der Waals surface area contributed by atoms with E-state index in [9.17, 15) is 9.59 Å². The van der Waals surface area contributed by atoms with Gasteiger partial charge in [0, 0.05) is 0 Å². The Hall–Kier alpha value is -2.82. The second-order valence-electron chi connectivity index (χ2n) is 4.84. The second-order valence-corrected chi connectivity index (χ2v) is 4.84. The van der Waals surface area contributed by atoms with Gasteiger partial charge in [0.05, 0.1) is 6.42 Å². The SMILES string of the molecule is CCCCC(=O)OOC(=O)c1ccccc1Oc1ccccc1. The average molecular weight is 314 g/mol. The third-order valence-corrected chi connectivity index (χ3v) is 3.02. The van der Waals surface area contributed by atoms with E-state index < -0.39 is 11.9 Å². The Bertz CT molecular complexity index is 651. The molecule has 0 aliphatic carbocycles. The third-order valence-electron chi connectivity index (χ3n) is 3.02. The summed E-state index contributed by atoms with van der Waals surface area (Å²) in [5, 5.41) is 0. The van der Waals surface area contributed by atoms with Crippen molar-refractivity contribution in [3.05, 3.63) is 60.2 Å². The van der Waals surface area contributed by atoms with Gasteiger partial charge in [-0.3, -0.25) is 0 Å². The van der Waals surface area contributed by atoms with Crippen LogP contribution in [0.15, 0.2) is 54.6 Å². The lowest BCUT2D eigenvalue weighted by Crippen LogP contribution is -2.12. The van der Waals surface area contributed by atoms with Gasteiger partial charge in [-0.25, -0.2) is 19.4 Å². The van der Waals surface area contributed by atoms with Crippen LogP contribution in [0.3, 0.4) is 0 Å². The van der Waals surface area contributed by atoms with Gasteiger partial charge >= 0.3 is 11.9 Å². The third kappa shape index (κ3) is 5.14. The topological polar surface area (TPSA) is 61.8 Å². The van der Waals surface area contributed by atoms with E-state index in [4.69, 9.17) is 4.74 Å². The number of hydrogen-bond donors (Lipinski definition) is 0. The molecule has 120 valence electrons. The van der Waals surface area contributed by atoms with Crippen molar-refractivity contribution in [2.75, 3.05) is 0 Å². The molecule has 0 saturated carbocycles. The van der Waals surface area contributed by atoms with Crippen molar-refractivity contribution < 1.29 is 24.1 Å². The molecule has 0 aromatic heterocycles. The van der Waals surface area contributed by atoms with Crippen LogP contribution in [-0.2, 0) is 14.6 Å². The first-order chi connectivity index (χ1) is 11.2. The van der Waals surface area contributed by atoms with Gasteiger partial charge in [0.1, 0.15) is 17.1 Å². The molecule has 0 bridgehead atoms. The van der Waals surface area contributed by atoms with Crippen LogP contribution in [0.25, 0.3) is 0 Å². The number of carbonyl (C=O) groups is 2. The molecule has 2 rings (SSSR count). The first-order valence-corrected chi connectivity index (χ1v) is 7.44. The summed E-state index contributed by atoms with van der Waals surface area (Å²) in [5.74, 6) is -0.427. The van der Waals surface area contributed by atoms with Crippen LogP contribution in [0.1, 0.15) is 36.5 Å². The standard InChI is InChI=1S/C18H18O5/c1-2-3-13-17(19)22-23-18(20)15-11-7-8-12-16(15)21-14-9-5-4-6-10-14/h4-12H,2-3,13H2,1H3. The zero-order valence-corrected chi connectivity index (χ0v) is 12.9. The zero-order chi connectivity index (χ0) is 16.5. The van der Waals surface area contributed by atoms with Crippen LogP contribution in [0.5, 0.6) is 11.5 Å². The predicted molar refractivity (Wildman–Crippen MR) is 84.0 cm³/mol. The van der Waals surface area contributed by atoms with Gasteiger partial charge in [-0.2, -0.15) is 0 Å². The summed E-state index contributed by atoms with van der Waals surface area (Å²) in [5.41, 5.74) is 0.180. The fourth-order valence-electron chi connectivity index (χ4n) is 1.83. The summed E-state index contributed by atoms with van der Waals surface area (Å²) in [7, 11) is 0. The van der Waals surface area contributed by atoms with Gasteiger partial charge in [0.15, 0.2) is 0 Å². The molecule has 0 amide bonds. The summed E-state index contributed by atoms with van der Waals surface area (Å²) in [6.07, 6.45) is 1.76. The lowest BCUT2D eigenvalue weighted by atomic mass is 10.2. The molecule has 0 N–H and O–H groups in total. The molecule has 0 atom stereocenters. The molecular weight excluding hydrogens is 296 g/mol. The lowest BCUT2D eigenvalue weighted by molar-refractivity contribution is -0.234. The molecule has 2 aromatic rings. The normalized spacial score (nSPS) is 9.96. The molecular formula is C18H18O5. The second kappa shape index (κ2) is 8.58. The molecule has 0 heterocycles. The fourth-order valence-corrected chi connectivity index (χ4v) is 1.83. The maximum Gasteiger partial charge on any atom is 0.390 e. The van der Waals surface area contributed by atoms with Gasteiger partial charge in [0.2, 0.25) is 0 Å². The van der Waals surface area contributed by atoms with Crippen molar-refractivity contribution in [2.45, 2.75) is 26.2 Å². The Balaban J connectivity index is 2.01. The molecule has 0 radical (unpaired) electrons. The minimum absolute atomic E-state index is 0.180. The average Bonchev–Trinajstić information content (AvgIpc) is 2.59. The Morgan fingerprint density at radius 1 is 0.913 bits per heavy atom. The summed E-state index contributed by atoms with van der Waals surface area (Å²) in [6, 6.07) is 15.7. The van der Waals surface area contributed by atoms with Crippen molar-refractivity contribution in [2.24, 2.45) is 0 Å². The minimum atomic E-state index is -0.777. The van der Waals surface area contributed by atoms with Crippen LogP contribution in [0.2, 0.25) is 0 Å². The van der Waals surface area contributed by atoms with E-state index in [-0.39, 0.29) is 12.0 Å². The number of benzene rings is 2. The van der Waals surface area contributed by atoms with E-state index in [1.165, 1.54) is 0 Å². The molecule has 0 fully saturated rings. The van der Waals surface area contributed by atoms with Crippen LogP contribution in [0, 0.1) is 0 Å². The smallest absolute Gasteiger partial charge is 0.390 e. The molecule has 0 saturated heterocycles. The Labute approximate surface area is 134 Å². The van der Waals surface area contributed by atoms with Crippen LogP contribution in [-0.4, -0.2) is 11.9 Å². The number of carbonyl (C=O) groups excluding carboxylic acids is 2. The van der Waals surface area contributed by atoms with Gasteiger partial charge in [-0.1, -0.05) is 43.7 Å². The van der Waals surface area contributed by atoms with Gasteiger partial charge in [0.25, 0.3) is 0 Å². The molecule has 0 unspecified atom stereocenters. The molecule has 0 aliphatic heterocycles. The van der Waals surface area contributed by atoms with E-state index in [2.05, 4.69) is 9.78 Å². The van der Waals surface area contributed by atoms with Crippen LogP contribution in [0.4, 0.5) is 0 Å². The molecule has 0 aliphatic rings. The van der Waals surface area contributed by atoms with Crippen LogP contribution >= 0.6 is 0 Å². The number of ether oxygens (including phenoxy) is 1. The fraction of sp³-hybridized carbons (Fsp3) is 0.222. The number of hydrogen-bond acceptors (Lipinski definition) is 5. The molecule has 5 nitrogen and oxygen atoms in total. The highest BCUT2D eigenvalue weighted by Gasteiger charge is 2.17. The van der Waals surface area contributed by atoms with Crippen molar-refractivity contribution >= 4 is 11.9 Å². The lowest BCUT2D eigenvalue weighted by Gasteiger charge is -2.09. The highest BCUT2D eigenvalue weighted by Crippen LogP contribution is 2.25. The largest absolute Gasteiger partial charge is 0.456 e. The Kier molecular flexibility index (Phi) is 6.17. The van der Waals surface area contributed by atoms with E-state index in [0.29, 0.717) is 17.9 Å². The Morgan fingerprint density at radius 2 is 1.61 bits per heavy atom. The van der Waals surface area contributed by atoms with E-state index in [0.717, 1.165) is 6.42 Å². The van der Waals surface area contributed by atoms with Gasteiger partial charge < -0.3 is 4.74 Å². The maximum absolute atomic E-state index is 12.1. The minimum Gasteiger partial charge on any atom is -0.456 e. The summed E-state index contributed by atoms with van der Waals surface area (Å²) in [4.78, 5) is 32.6. The van der Waals surface area contributed by atoms with Crippen LogP contribution < -0.4 is 4.74 Å². The van der Waals surface area contributed by atoms with Crippen molar-refractivity contribution in [3.8, 4) is 11.5 Å². The first-order valence-electron chi connectivity index (χ1n) is 7.44. The van der Waals surface area contributed by atoms with E-state index in [1.54, 1.807) is 36.4 Å². The maximum atomic E-state index is 12.1. The van der Waals surface area contributed by atoms with E-state index >= 15 is 0 Å². The monoisotopic (exact) mass is 314 g/mol. The summed E-state index contributed by atoms with van der Waals surface area (Å²) < 4.78 is 5.66. The highest BCUT2D eigenvalue weighted by atomic mass is 17.2. The molecule has 5 heteroatoms. The molecule has 0 spiro atoms. The van der Waals surface area contributed by atoms with Crippen molar-refractivity contribution in [3.63, 3.8) is 0 Å². The quantitative estimate of drug-likeness (QED) is 0.588. The van der Waals surface area contributed by atoms with E-state index in [1.807, 2.05) is 25.1 Å². The number of rotatable bonds is 6. The number of unbranched alkanes of at least 4 members (excludes halogenated alkanes) is 1. The van der Waals surface area contributed by atoms with Gasteiger partial charge in [-0.05, 0) is 30.7 Å². The van der Waals surface area contributed by atoms with Gasteiger partial charge in [-0.15, -0.1) is 0 Å². The molecule has 23 heavy (non-hydrogen) atoms. The zero-order valence-electron chi connectivity index (χ0n) is 12.9. The van der Waals surface area contributed by atoms with Crippen molar-refractivity contribution in [1.82, 2.24) is 0 Å². The predicted octanol–water partition coefficient (Wildman–Crippen LogP) is 4.28. The molecule has 2 aromatic carbocycles. The highest BCUT2D eigenvalue weighted by molar-refractivity contribution is 5.92.